The van der Waals surface area contributed by atoms with Gasteiger partial charge in [-0.25, -0.2) is 0 Å². The minimum absolute atomic E-state index is 0.0410. The lowest BCUT2D eigenvalue weighted by Gasteiger charge is -2.35. The van der Waals surface area contributed by atoms with E-state index in [9.17, 15) is 4.79 Å². The van der Waals surface area contributed by atoms with Crippen molar-refractivity contribution in [3.05, 3.63) is 35.9 Å². The molecule has 1 fully saturated rings. The third kappa shape index (κ3) is 2.14. The number of hydrogen-bond donors (Lipinski definition) is 1. The number of H-pyrrole nitrogens is 1. The number of nitrogens with zero attached hydrogens (tertiary/aromatic N) is 4. The van der Waals surface area contributed by atoms with Crippen LogP contribution in [0.15, 0.2) is 24.5 Å². The Morgan fingerprint density at radius 1 is 1.37 bits per heavy atom. The van der Waals surface area contributed by atoms with Crippen molar-refractivity contribution in [1.29, 1.82) is 0 Å². The quantitative estimate of drug-likeness (QED) is 0.889. The van der Waals surface area contributed by atoms with Crippen LogP contribution in [0.3, 0.4) is 0 Å². The van der Waals surface area contributed by atoms with E-state index in [1.165, 1.54) is 0 Å². The molecular formula is C13H17N5O. The predicted octanol–water partition coefficient (Wildman–Crippen LogP) is 1.51. The molecule has 0 spiro atoms. The molecule has 0 radical (unpaired) electrons. The van der Waals surface area contributed by atoms with Crippen molar-refractivity contribution in [1.82, 2.24) is 24.9 Å². The second kappa shape index (κ2) is 4.87. The van der Waals surface area contributed by atoms with Crippen LogP contribution in [-0.2, 0) is 7.05 Å². The van der Waals surface area contributed by atoms with Crippen molar-refractivity contribution in [2.24, 2.45) is 7.05 Å². The van der Waals surface area contributed by atoms with Gasteiger partial charge in [-0.2, -0.15) is 10.2 Å². The molecule has 0 unspecified atom stereocenters. The first-order valence-corrected chi connectivity index (χ1v) is 6.55. The van der Waals surface area contributed by atoms with E-state index in [4.69, 9.17) is 0 Å². The monoisotopic (exact) mass is 259 g/mol. The van der Waals surface area contributed by atoms with Gasteiger partial charge in [-0.1, -0.05) is 0 Å². The van der Waals surface area contributed by atoms with Crippen LogP contribution in [0.5, 0.6) is 0 Å². The predicted molar refractivity (Wildman–Crippen MR) is 69.4 cm³/mol. The second-order valence-corrected chi connectivity index (χ2v) is 4.86. The van der Waals surface area contributed by atoms with Gasteiger partial charge in [0.2, 0.25) is 0 Å². The highest BCUT2D eigenvalue weighted by Gasteiger charge is 2.30. The van der Waals surface area contributed by atoms with Gasteiger partial charge in [-0.05, 0) is 31.4 Å². The van der Waals surface area contributed by atoms with Gasteiger partial charge < -0.3 is 4.90 Å². The highest BCUT2D eigenvalue weighted by atomic mass is 16.2. The molecule has 0 aliphatic carbocycles. The molecule has 3 rings (SSSR count). The molecule has 1 aliphatic heterocycles. The van der Waals surface area contributed by atoms with Gasteiger partial charge in [0.05, 0.1) is 11.7 Å². The third-order valence-corrected chi connectivity index (χ3v) is 3.68. The Kier molecular flexibility index (Phi) is 3.06. The Bertz CT molecular complexity index is 559. The number of hydrogen-bond acceptors (Lipinski definition) is 3. The molecule has 2 aromatic rings. The van der Waals surface area contributed by atoms with Gasteiger partial charge in [-0.15, -0.1) is 0 Å². The fraction of sp³-hybridized carbons (Fsp3) is 0.462. The molecule has 19 heavy (non-hydrogen) atoms. The van der Waals surface area contributed by atoms with Crippen LogP contribution in [0, 0.1) is 0 Å². The molecule has 1 amide bonds. The zero-order valence-electron chi connectivity index (χ0n) is 10.9. The van der Waals surface area contributed by atoms with Crippen LogP contribution >= 0.6 is 0 Å². The molecule has 0 saturated carbocycles. The minimum atomic E-state index is 0.0410. The summed E-state index contributed by atoms with van der Waals surface area (Å²) < 4.78 is 1.63. The Morgan fingerprint density at radius 3 is 2.95 bits per heavy atom. The van der Waals surface area contributed by atoms with Crippen LogP contribution in [0.1, 0.15) is 41.5 Å². The van der Waals surface area contributed by atoms with Crippen LogP contribution in [0.4, 0.5) is 0 Å². The number of piperidine rings is 1. The number of likely N-dealkylation sites (tertiary alicyclic amines) is 1. The van der Waals surface area contributed by atoms with Crippen molar-refractivity contribution in [2.45, 2.75) is 25.3 Å². The first kappa shape index (κ1) is 12.0. The normalized spacial score (nSPS) is 19.6. The number of carbonyl (C=O) groups excluding carboxylic acids is 1. The number of aryl methyl sites for hydroxylation is 1. The topological polar surface area (TPSA) is 66.8 Å². The van der Waals surface area contributed by atoms with Crippen LogP contribution in [0.2, 0.25) is 0 Å². The largest absolute Gasteiger partial charge is 0.329 e. The molecule has 2 aromatic heterocycles. The molecule has 1 atom stereocenters. The van der Waals surface area contributed by atoms with E-state index in [1.807, 2.05) is 11.0 Å². The summed E-state index contributed by atoms with van der Waals surface area (Å²) in [6, 6.07) is 3.80. The molecule has 0 bridgehead atoms. The van der Waals surface area contributed by atoms with Gasteiger partial charge >= 0.3 is 0 Å². The van der Waals surface area contributed by atoms with Crippen molar-refractivity contribution in [3.63, 3.8) is 0 Å². The fourth-order valence-corrected chi connectivity index (χ4v) is 2.68. The maximum Gasteiger partial charge on any atom is 0.272 e. The highest BCUT2D eigenvalue weighted by molar-refractivity contribution is 5.92. The van der Waals surface area contributed by atoms with Gasteiger partial charge in [0, 0.05) is 26.0 Å². The van der Waals surface area contributed by atoms with E-state index in [0.29, 0.717) is 5.69 Å². The molecule has 1 aliphatic rings. The third-order valence-electron chi connectivity index (χ3n) is 3.68. The van der Waals surface area contributed by atoms with E-state index in [-0.39, 0.29) is 11.9 Å². The molecule has 0 aromatic carbocycles. The zero-order valence-corrected chi connectivity index (χ0v) is 10.9. The molecule has 6 heteroatoms. The van der Waals surface area contributed by atoms with Crippen LogP contribution < -0.4 is 0 Å². The first-order chi connectivity index (χ1) is 9.27. The summed E-state index contributed by atoms with van der Waals surface area (Å²) >= 11 is 0. The Hall–Kier alpha value is -2.11. The summed E-state index contributed by atoms with van der Waals surface area (Å²) in [4.78, 5) is 14.5. The van der Waals surface area contributed by atoms with E-state index in [2.05, 4.69) is 15.3 Å². The van der Waals surface area contributed by atoms with E-state index >= 15 is 0 Å². The summed E-state index contributed by atoms with van der Waals surface area (Å²) in [6.07, 6.45) is 6.55. The lowest BCUT2D eigenvalue weighted by Crippen LogP contribution is -2.39. The molecule has 100 valence electrons. The summed E-state index contributed by atoms with van der Waals surface area (Å²) in [6.45, 7) is 0.785. The molecule has 6 nitrogen and oxygen atoms in total. The van der Waals surface area contributed by atoms with Crippen LogP contribution in [-0.4, -0.2) is 37.3 Å². The fourth-order valence-electron chi connectivity index (χ4n) is 2.68. The van der Waals surface area contributed by atoms with E-state index < -0.39 is 0 Å². The maximum atomic E-state index is 12.6. The van der Waals surface area contributed by atoms with Gasteiger partial charge in [0.15, 0.2) is 0 Å². The number of carbonyl (C=O) groups is 1. The highest BCUT2D eigenvalue weighted by Crippen LogP contribution is 2.30. The smallest absolute Gasteiger partial charge is 0.272 e. The average molecular weight is 259 g/mol. The Morgan fingerprint density at radius 2 is 2.26 bits per heavy atom. The van der Waals surface area contributed by atoms with Crippen molar-refractivity contribution < 1.29 is 4.79 Å². The number of rotatable bonds is 2. The van der Waals surface area contributed by atoms with Crippen molar-refractivity contribution in [2.75, 3.05) is 6.54 Å². The summed E-state index contributed by atoms with van der Waals surface area (Å²) in [5, 5.41) is 11.0. The standard InChI is InChI=1S/C13H17N5O/c1-17-12(6-8-15-17)13(19)18-9-3-2-4-11(18)10-5-7-14-16-10/h5-8,11H,2-4,9H2,1H3,(H,14,16)/t11-/m0/s1. The minimum Gasteiger partial charge on any atom is -0.329 e. The second-order valence-electron chi connectivity index (χ2n) is 4.86. The van der Waals surface area contributed by atoms with Crippen LogP contribution in [0.25, 0.3) is 0 Å². The van der Waals surface area contributed by atoms with Gasteiger partial charge in [0.1, 0.15) is 5.69 Å². The number of amides is 1. The first-order valence-electron chi connectivity index (χ1n) is 6.55. The van der Waals surface area contributed by atoms with Gasteiger partial charge in [0.25, 0.3) is 5.91 Å². The Balaban J connectivity index is 1.89. The van der Waals surface area contributed by atoms with E-state index in [0.717, 1.165) is 31.5 Å². The number of aromatic amines is 1. The zero-order chi connectivity index (χ0) is 13.2. The summed E-state index contributed by atoms with van der Waals surface area (Å²) in [7, 11) is 1.79. The van der Waals surface area contributed by atoms with Crippen molar-refractivity contribution >= 4 is 5.91 Å². The maximum absolute atomic E-state index is 12.6. The number of nitrogens with one attached hydrogen (secondary N) is 1. The molecular weight excluding hydrogens is 242 g/mol. The summed E-state index contributed by atoms with van der Waals surface area (Å²) in [5.41, 5.74) is 1.64. The van der Waals surface area contributed by atoms with Crippen molar-refractivity contribution in [3.8, 4) is 0 Å². The average Bonchev–Trinajstić information content (AvgIpc) is 3.09. The Labute approximate surface area is 111 Å². The SMILES string of the molecule is Cn1nccc1C(=O)N1CCCC[C@H]1c1ccn[nH]1. The lowest BCUT2D eigenvalue weighted by molar-refractivity contribution is 0.0594. The lowest BCUT2D eigenvalue weighted by atomic mass is 9.99. The number of aromatic nitrogens is 4. The summed E-state index contributed by atoms with van der Waals surface area (Å²) in [5.74, 6) is 0.0410. The van der Waals surface area contributed by atoms with Gasteiger partial charge in [-0.3, -0.25) is 14.6 Å². The van der Waals surface area contributed by atoms with E-state index in [1.54, 1.807) is 30.2 Å². The molecule has 3 heterocycles. The molecule has 1 saturated heterocycles. The molecule has 1 N–H and O–H groups in total.